The predicted molar refractivity (Wildman–Crippen MR) is 121 cm³/mol. The Morgan fingerprint density at radius 3 is 2.62 bits per heavy atom. The van der Waals surface area contributed by atoms with E-state index in [0.29, 0.717) is 34.5 Å². The molecule has 0 amide bonds. The summed E-state index contributed by atoms with van der Waals surface area (Å²) in [5.74, 6) is 0.659. The minimum atomic E-state index is -0.145. The maximum Gasteiger partial charge on any atom is 0.265 e. The van der Waals surface area contributed by atoms with Crippen LogP contribution in [-0.2, 0) is 11.3 Å². The number of rotatable bonds is 4. The summed E-state index contributed by atoms with van der Waals surface area (Å²) in [5.41, 5.74) is 3.70. The summed E-state index contributed by atoms with van der Waals surface area (Å²) < 4.78 is 14.8. The monoisotopic (exact) mass is 427 g/mol. The number of fused-ring (bicyclic) bond motifs is 4. The number of ether oxygens (including phenoxy) is 2. The highest BCUT2D eigenvalue weighted by molar-refractivity contribution is 6.06. The lowest BCUT2D eigenvalue weighted by atomic mass is 10.2. The fraction of sp³-hybridized carbons (Fsp3) is 0.250. The molecule has 1 fully saturated rings. The molecule has 1 atom stereocenters. The van der Waals surface area contributed by atoms with E-state index in [0.717, 1.165) is 36.2 Å². The van der Waals surface area contributed by atoms with Crippen molar-refractivity contribution in [2.45, 2.75) is 25.5 Å². The maximum absolute atomic E-state index is 13.6. The van der Waals surface area contributed by atoms with E-state index in [1.54, 1.807) is 18.0 Å². The van der Waals surface area contributed by atoms with Gasteiger partial charge in [-0.05, 0) is 37.1 Å². The van der Waals surface area contributed by atoms with Crippen LogP contribution in [0.15, 0.2) is 59.7 Å². The van der Waals surface area contributed by atoms with Crippen LogP contribution in [-0.4, -0.2) is 43.9 Å². The molecule has 0 bridgehead atoms. The quantitative estimate of drug-likeness (QED) is 0.437. The third-order valence-corrected chi connectivity index (χ3v) is 5.98. The van der Waals surface area contributed by atoms with Crippen molar-refractivity contribution in [3.05, 3.63) is 65.2 Å². The van der Waals surface area contributed by atoms with E-state index < -0.39 is 0 Å². The molecule has 160 valence electrons. The van der Waals surface area contributed by atoms with Crippen molar-refractivity contribution in [2.75, 3.05) is 13.7 Å². The SMILES string of the molecule is COc1ccccc1-n1c2nc3ccccc3nc2c2c(=O)n(CC3CCCO3)cnc21. The lowest BCUT2D eigenvalue weighted by Gasteiger charge is -2.12. The molecule has 1 aliphatic heterocycles. The topological polar surface area (TPSA) is 84.1 Å². The van der Waals surface area contributed by atoms with Crippen LogP contribution in [0.5, 0.6) is 5.75 Å². The molecule has 1 unspecified atom stereocenters. The molecule has 0 aliphatic carbocycles. The van der Waals surface area contributed by atoms with Crippen LogP contribution in [0, 0.1) is 0 Å². The standard InChI is InChI=1S/C24H21N5O3/c1-31-19-11-5-4-10-18(19)29-22-20(21-23(29)27-17-9-3-2-8-16(17)26-21)24(30)28(14-25-22)13-15-7-6-12-32-15/h2-5,8-11,14-15H,6-7,12-13H2,1H3. The summed E-state index contributed by atoms with van der Waals surface area (Å²) in [6.45, 7) is 1.21. The van der Waals surface area contributed by atoms with Gasteiger partial charge in [-0.3, -0.25) is 13.9 Å². The van der Waals surface area contributed by atoms with Gasteiger partial charge in [0.1, 0.15) is 23.0 Å². The molecule has 8 nitrogen and oxygen atoms in total. The van der Waals surface area contributed by atoms with Crippen molar-refractivity contribution in [3.8, 4) is 11.4 Å². The summed E-state index contributed by atoms with van der Waals surface area (Å²) in [6, 6.07) is 15.3. The first-order chi connectivity index (χ1) is 15.7. The van der Waals surface area contributed by atoms with Crippen molar-refractivity contribution in [1.29, 1.82) is 0 Å². The van der Waals surface area contributed by atoms with E-state index >= 15 is 0 Å². The Labute approximate surface area is 183 Å². The smallest absolute Gasteiger partial charge is 0.265 e. The Hall–Kier alpha value is -3.78. The first kappa shape index (κ1) is 18.9. The molecule has 6 rings (SSSR count). The zero-order chi connectivity index (χ0) is 21.7. The van der Waals surface area contributed by atoms with E-state index in [2.05, 4.69) is 0 Å². The minimum absolute atomic E-state index is 0.0291. The Balaban J connectivity index is 1.70. The molecule has 0 spiro atoms. The highest BCUT2D eigenvalue weighted by atomic mass is 16.5. The fourth-order valence-electron chi connectivity index (χ4n) is 4.45. The van der Waals surface area contributed by atoms with Gasteiger partial charge in [-0.2, -0.15) is 0 Å². The number of hydrogen-bond acceptors (Lipinski definition) is 6. The van der Waals surface area contributed by atoms with Gasteiger partial charge in [-0.1, -0.05) is 24.3 Å². The number of aromatic nitrogens is 5. The van der Waals surface area contributed by atoms with Crippen molar-refractivity contribution in [2.24, 2.45) is 0 Å². The number of nitrogens with zero attached hydrogens (tertiary/aromatic N) is 5. The van der Waals surface area contributed by atoms with Gasteiger partial charge in [0.2, 0.25) is 0 Å². The summed E-state index contributed by atoms with van der Waals surface area (Å²) in [7, 11) is 1.62. The predicted octanol–water partition coefficient (Wildman–Crippen LogP) is 3.47. The molecule has 0 radical (unpaired) electrons. The number of hydrogen-bond donors (Lipinski definition) is 0. The van der Waals surface area contributed by atoms with Gasteiger partial charge in [0.15, 0.2) is 11.3 Å². The van der Waals surface area contributed by atoms with E-state index in [9.17, 15) is 4.79 Å². The molecule has 1 aliphatic rings. The zero-order valence-corrected chi connectivity index (χ0v) is 17.6. The Kier molecular flexibility index (Phi) is 4.39. The second-order valence-corrected chi connectivity index (χ2v) is 7.93. The first-order valence-electron chi connectivity index (χ1n) is 10.7. The molecule has 4 heterocycles. The van der Waals surface area contributed by atoms with Crippen LogP contribution in [0.1, 0.15) is 12.8 Å². The molecule has 8 heteroatoms. The lowest BCUT2D eigenvalue weighted by molar-refractivity contribution is 0.0960. The minimum Gasteiger partial charge on any atom is -0.495 e. The molecule has 5 aromatic rings. The van der Waals surface area contributed by atoms with Gasteiger partial charge in [0.05, 0.1) is 36.5 Å². The summed E-state index contributed by atoms with van der Waals surface area (Å²) in [5, 5.41) is 0.449. The second kappa shape index (κ2) is 7.42. The van der Waals surface area contributed by atoms with E-state index in [1.807, 2.05) is 53.1 Å². The summed E-state index contributed by atoms with van der Waals surface area (Å²) >= 11 is 0. The Morgan fingerprint density at radius 2 is 1.84 bits per heavy atom. The summed E-state index contributed by atoms with van der Waals surface area (Å²) in [4.78, 5) is 28.0. The largest absolute Gasteiger partial charge is 0.495 e. The Morgan fingerprint density at radius 1 is 1.06 bits per heavy atom. The lowest BCUT2D eigenvalue weighted by Crippen LogP contribution is -2.26. The average Bonchev–Trinajstić information content (AvgIpc) is 3.45. The number of methoxy groups -OCH3 is 1. The van der Waals surface area contributed by atoms with Crippen molar-refractivity contribution in [1.82, 2.24) is 24.1 Å². The molecule has 2 aromatic carbocycles. The van der Waals surface area contributed by atoms with Crippen molar-refractivity contribution < 1.29 is 9.47 Å². The van der Waals surface area contributed by atoms with Crippen LogP contribution in [0.25, 0.3) is 38.9 Å². The van der Waals surface area contributed by atoms with E-state index in [1.165, 1.54) is 0 Å². The zero-order valence-electron chi connectivity index (χ0n) is 17.6. The van der Waals surface area contributed by atoms with Gasteiger partial charge in [0.25, 0.3) is 5.56 Å². The molecule has 32 heavy (non-hydrogen) atoms. The van der Waals surface area contributed by atoms with Crippen molar-refractivity contribution >= 4 is 33.2 Å². The molecular weight excluding hydrogens is 406 g/mol. The van der Waals surface area contributed by atoms with Gasteiger partial charge in [0, 0.05) is 6.61 Å². The van der Waals surface area contributed by atoms with Crippen molar-refractivity contribution in [3.63, 3.8) is 0 Å². The average molecular weight is 427 g/mol. The third kappa shape index (κ3) is 2.87. The molecule has 1 saturated heterocycles. The van der Waals surface area contributed by atoms with Crippen LogP contribution in [0.2, 0.25) is 0 Å². The molecule has 0 N–H and O–H groups in total. The van der Waals surface area contributed by atoms with Crippen LogP contribution in [0.4, 0.5) is 0 Å². The highest BCUT2D eigenvalue weighted by Gasteiger charge is 2.24. The molecule has 3 aromatic heterocycles. The van der Waals surface area contributed by atoms with Crippen LogP contribution >= 0.6 is 0 Å². The first-order valence-corrected chi connectivity index (χ1v) is 10.7. The van der Waals surface area contributed by atoms with E-state index in [4.69, 9.17) is 24.4 Å². The van der Waals surface area contributed by atoms with Gasteiger partial charge in [-0.25, -0.2) is 15.0 Å². The summed E-state index contributed by atoms with van der Waals surface area (Å²) in [6.07, 6.45) is 3.58. The van der Waals surface area contributed by atoms with Gasteiger partial charge < -0.3 is 9.47 Å². The normalized spacial score (nSPS) is 16.3. The molecular formula is C24H21N5O3. The van der Waals surface area contributed by atoms with Crippen LogP contribution in [0.3, 0.4) is 0 Å². The van der Waals surface area contributed by atoms with E-state index in [-0.39, 0.29) is 11.7 Å². The van der Waals surface area contributed by atoms with Crippen LogP contribution < -0.4 is 10.3 Å². The maximum atomic E-state index is 13.6. The Bertz CT molecular complexity index is 1530. The number of benzene rings is 2. The van der Waals surface area contributed by atoms with Gasteiger partial charge in [-0.15, -0.1) is 0 Å². The molecule has 0 saturated carbocycles. The fourth-order valence-corrected chi connectivity index (χ4v) is 4.45. The third-order valence-electron chi connectivity index (χ3n) is 5.98. The second-order valence-electron chi connectivity index (χ2n) is 7.93. The highest BCUT2D eigenvalue weighted by Crippen LogP contribution is 2.32. The van der Waals surface area contributed by atoms with Gasteiger partial charge >= 0.3 is 0 Å². The number of para-hydroxylation sites is 4.